The molecule has 1 aromatic rings. The van der Waals surface area contributed by atoms with Crippen LogP contribution < -0.4 is 16.4 Å². The zero-order chi connectivity index (χ0) is 27.4. The lowest BCUT2D eigenvalue weighted by atomic mass is 9.58. The summed E-state index contributed by atoms with van der Waals surface area (Å²) in [6.45, 7) is 2.03. The molecular formula is C25H30N4O8. The second-order valence-electron chi connectivity index (χ2n) is 9.77. The van der Waals surface area contributed by atoms with Gasteiger partial charge in [0.25, 0.3) is 5.91 Å². The summed E-state index contributed by atoms with van der Waals surface area (Å²) in [6.07, 6.45) is 0.211. The number of phenols is 1. The SMILES string of the molecule is CCNC(=O)CNc1ccc2c(c1O)C(=O)C1=C(O)C3(O)C(=O)C(C(N)=O)=C(O)[C@@H](N(C)C)C3CC1C2. The third kappa shape index (κ3) is 3.83. The Hall–Kier alpha value is -3.90. The smallest absolute Gasteiger partial charge is 0.255 e. The highest BCUT2D eigenvalue weighted by Crippen LogP contribution is 2.52. The van der Waals surface area contributed by atoms with Gasteiger partial charge in [0.2, 0.25) is 11.7 Å². The zero-order valence-electron chi connectivity index (χ0n) is 20.7. The molecule has 0 saturated heterocycles. The Morgan fingerprint density at radius 1 is 1.19 bits per heavy atom. The minimum Gasteiger partial charge on any atom is -0.510 e. The van der Waals surface area contributed by atoms with E-state index in [2.05, 4.69) is 10.6 Å². The van der Waals surface area contributed by atoms with Crippen molar-refractivity contribution in [3.63, 3.8) is 0 Å². The number of allylic oxidation sites excluding steroid dienone is 1. The lowest BCUT2D eigenvalue weighted by Gasteiger charge is -2.50. The van der Waals surface area contributed by atoms with Crippen molar-refractivity contribution >= 4 is 29.1 Å². The maximum absolute atomic E-state index is 13.6. The Morgan fingerprint density at radius 3 is 2.46 bits per heavy atom. The molecule has 0 fully saturated rings. The molecule has 0 saturated carbocycles. The Morgan fingerprint density at radius 2 is 1.86 bits per heavy atom. The van der Waals surface area contributed by atoms with Gasteiger partial charge in [-0.3, -0.25) is 24.1 Å². The number of Topliss-reactive ketones (excluding diaryl/α,β-unsaturated/α-hetero) is 2. The van der Waals surface area contributed by atoms with Crippen molar-refractivity contribution < 1.29 is 39.6 Å². The zero-order valence-corrected chi connectivity index (χ0v) is 20.7. The first-order chi connectivity index (χ1) is 17.4. The molecule has 12 heteroatoms. The number of fused-ring (bicyclic) bond motifs is 3. The van der Waals surface area contributed by atoms with E-state index in [-0.39, 0.29) is 42.1 Å². The molecule has 37 heavy (non-hydrogen) atoms. The molecule has 4 atom stereocenters. The van der Waals surface area contributed by atoms with Crippen molar-refractivity contribution in [3.05, 3.63) is 45.9 Å². The lowest BCUT2D eigenvalue weighted by Crippen LogP contribution is -2.63. The highest BCUT2D eigenvalue weighted by Gasteiger charge is 2.63. The number of amides is 2. The Bertz CT molecular complexity index is 1280. The molecule has 4 rings (SSSR count). The number of aliphatic hydroxyl groups excluding tert-OH is 2. The van der Waals surface area contributed by atoms with Crippen LogP contribution in [-0.2, 0) is 20.8 Å². The van der Waals surface area contributed by atoms with Crippen molar-refractivity contribution in [2.75, 3.05) is 32.5 Å². The van der Waals surface area contributed by atoms with E-state index in [0.29, 0.717) is 12.1 Å². The number of carbonyl (C=O) groups excluding carboxylic acids is 4. The second-order valence-corrected chi connectivity index (χ2v) is 9.77. The topological polar surface area (TPSA) is 203 Å². The van der Waals surface area contributed by atoms with Crippen LogP contribution in [-0.4, -0.2) is 87.5 Å². The van der Waals surface area contributed by atoms with Crippen LogP contribution in [0.1, 0.15) is 29.3 Å². The van der Waals surface area contributed by atoms with E-state index >= 15 is 0 Å². The van der Waals surface area contributed by atoms with E-state index in [0.717, 1.165) is 0 Å². The Labute approximate surface area is 212 Å². The van der Waals surface area contributed by atoms with Gasteiger partial charge in [0, 0.05) is 18.0 Å². The van der Waals surface area contributed by atoms with Crippen LogP contribution in [0.15, 0.2) is 34.8 Å². The molecule has 0 heterocycles. The van der Waals surface area contributed by atoms with E-state index in [1.807, 2.05) is 0 Å². The number of likely N-dealkylation sites (N-methyl/N-ethyl adjacent to an activating group) is 2. The lowest BCUT2D eigenvalue weighted by molar-refractivity contribution is -0.148. The summed E-state index contributed by atoms with van der Waals surface area (Å²) in [5, 5.41) is 49.9. The molecule has 0 bridgehead atoms. The normalized spacial score (nSPS) is 27.0. The standard InChI is InChI=1S/C25H30N4O8/c1-4-27-14(30)9-28-13-6-5-10-7-11-8-12-18(29(2)3)21(33)17(24(26)36)23(35)25(12,37)22(34)16(11)20(32)15(10)19(13)31/h5-6,11-12,18,28,31,33-34,37H,4,7-9H2,1-3H3,(H2,26,36)(H,27,30)/t11?,12?,18-,25?/m0/s1. The van der Waals surface area contributed by atoms with E-state index in [1.54, 1.807) is 27.1 Å². The van der Waals surface area contributed by atoms with Crippen molar-refractivity contribution in [3.8, 4) is 5.75 Å². The molecule has 3 aliphatic rings. The molecule has 8 N–H and O–H groups in total. The molecule has 198 valence electrons. The average Bonchev–Trinajstić information content (AvgIpc) is 2.80. The summed E-state index contributed by atoms with van der Waals surface area (Å²) in [7, 11) is 3.14. The van der Waals surface area contributed by atoms with Crippen molar-refractivity contribution in [2.24, 2.45) is 17.6 Å². The molecule has 2 amide bonds. The maximum atomic E-state index is 13.6. The number of ketones is 2. The number of carbonyl (C=O) groups is 4. The van der Waals surface area contributed by atoms with Gasteiger partial charge < -0.3 is 36.8 Å². The van der Waals surface area contributed by atoms with Crippen molar-refractivity contribution in [1.82, 2.24) is 10.2 Å². The molecule has 0 aliphatic heterocycles. The van der Waals surface area contributed by atoms with Gasteiger partial charge in [-0.15, -0.1) is 0 Å². The predicted molar refractivity (Wildman–Crippen MR) is 131 cm³/mol. The number of nitrogens with zero attached hydrogens (tertiary/aromatic N) is 1. The minimum absolute atomic E-state index is 0.0176. The van der Waals surface area contributed by atoms with E-state index < -0.39 is 63.8 Å². The first-order valence-electron chi connectivity index (χ1n) is 11.9. The summed E-state index contributed by atoms with van der Waals surface area (Å²) in [4.78, 5) is 52.2. The molecule has 3 unspecified atom stereocenters. The summed E-state index contributed by atoms with van der Waals surface area (Å²) in [6, 6.07) is 2.12. The van der Waals surface area contributed by atoms with Crippen LogP contribution in [0, 0.1) is 11.8 Å². The van der Waals surface area contributed by atoms with E-state index in [4.69, 9.17) is 5.73 Å². The minimum atomic E-state index is -2.69. The van der Waals surface area contributed by atoms with Crippen molar-refractivity contribution in [2.45, 2.75) is 31.4 Å². The van der Waals surface area contributed by atoms with E-state index in [1.165, 1.54) is 11.0 Å². The number of aliphatic hydroxyl groups is 3. The number of anilines is 1. The van der Waals surface area contributed by atoms with Gasteiger partial charge in [-0.2, -0.15) is 0 Å². The fourth-order valence-corrected chi connectivity index (χ4v) is 5.80. The highest BCUT2D eigenvalue weighted by molar-refractivity contribution is 6.24. The van der Waals surface area contributed by atoms with Crippen LogP contribution in [0.5, 0.6) is 5.75 Å². The third-order valence-electron chi connectivity index (χ3n) is 7.41. The van der Waals surface area contributed by atoms with Gasteiger partial charge in [-0.25, -0.2) is 0 Å². The molecular weight excluding hydrogens is 484 g/mol. The average molecular weight is 515 g/mol. The van der Waals surface area contributed by atoms with Crippen LogP contribution in [0.4, 0.5) is 5.69 Å². The number of nitrogens with one attached hydrogen (secondary N) is 2. The third-order valence-corrected chi connectivity index (χ3v) is 7.41. The predicted octanol–water partition coefficient (Wildman–Crippen LogP) is -0.331. The highest BCUT2D eigenvalue weighted by atomic mass is 16.3. The first kappa shape index (κ1) is 26.2. The summed E-state index contributed by atoms with van der Waals surface area (Å²) in [5.74, 6) is -7.36. The number of nitrogens with two attached hydrogens (primary N) is 1. The Balaban J connectivity index is 1.82. The molecule has 0 aromatic heterocycles. The summed E-state index contributed by atoms with van der Waals surface area (Å²) >= 11 is 0. The number of rotatable bonds is 6. The molecule has 3 aliphatic carbocycles. The number of benzene rings is 1. The van der Waals surface area contributed by atoms with Crippen molar-refractivity contribution in [1.29, 1.82) is 0 Å². The first-order valence-corrected chi connectivity index (χ1v) is 11.9. The van der Waals surface area contributed by atoms with Crippen LogP contribution in [0.25, 0.3) is 0 Å². The van der Waals surface area contributed by atoms with Gasteiger partial charge >= 0.3 is 0 Å². The molecule has 0 radical (unpaired) electrons. The number of aromatic hydroxyl groups is 1. The monoisotopic (exact) mass is 514 g/mol. The van der Waals surface area contributed by atoms with Gasteiger partial charge in [-0.1, -0.05) is 6.07 Å². The Kier molecular flexibility index (Phi) is 6.51. The largest absolute Gasteiger partial charge is 0.510 e. The van der Waals surface area contributed by atoms with Crippen LogP contribution >= 0.6 is 0 Å². The molecule has 12 nitrogen and oxygen atoms in total. The van der Waals surface area contributed by atoms with Gasteiger partial charge in [0.05, 0.1) is 23.8 Å². The van der Waals surface area contributed by atoms with Crippen LogP contribution in [0.3, 0.4) is 0 Å². The number of hydrogen-bond donors (Lipinski definition) is 7. The molecule has 1 aromatic carbocycles. The molecule has 0 spiro atoms. The number of hydrogen-bond acceptors (Lipinski definition) is 10. The van der Waals surface area contributed by atoms with E-state index in [9.17, 15) is 39.6 Å². The summed E-state index contributed by atoms with van der Waals surface area (Å²) < 4.78 is 0. The van der Waals surface area contributed by atoms with Gasteiger partial charge in [0.1, 0.15) is 22.8 Å². The fraction of sp³-hybridized carbons (Fsp3) is 0.440. The van der Waals surface area contributed by atoms with Gasteiger partial charge in [0.15, 0.2) is 11.4 Å². The fourth-order valence-electron chi connectivity index (χ4n) is 5.80. The number of phenolic OH excluding ortho intramolecular Hbond substituents is 1. The summed E-state index contributed by atoms with van der Waals surface area (Å²) in [5.41, 5.74) is 2.03. The van der Waals surface area contributed by atoms with Crippen LogP contribution in [0.2, 0.25) is 0 Å². The second kappa shape index (κ2) is 9.20. The quantitative estimate of drug-likeness (QED) is 0.194. The van der Waals surface area contributed by atoms with Gasteiger partial charge in [-0.05, 0) is 51.4 Å². The number of primary amides is 1. The maximum Gasteiger partial charge on any atom is 0.255 e.